The lowest BCUT2D eigenvalue weighted by molar-refractivity contribution is 0.316. The molecule has 1 aromatic heterocycles. The predicted molar refractivity (Wildman–Crippen MR) is 61.9 cm³/mol. The van der Waals surface area contributed by atoms with Gasteiger partial charge in [0, 0.05) is 6.07 Å². The zero-order valence-electron chi connectivity index (χ0n) is 9.34. The highest BCUT2D eigenvalue weighted by Crippen LogP contribution is 2.12. The molecule has 1 atom stereocenters. The van der Waals surface area contributed by atoms with Gasteiger partial charge in [-0.2, -0.15) is 0 Å². The van der Waals surface area contributed by atoms with Crippen LogP contribution in [0.5, 0.6) is 5.88 Å². The second-order valence-corrected chi connectivity index (χ2v) is 3.22. The number of ether oxygens (including phenoxy) is 1. The van der Waals surface area contributed by atoms with Crippen molar-refractivity contribution >= 4 is 11.5 Å². The van der Waals surface area contributed by atoms with Crippen molar-refractivity contribution in [3.05, 3.63) is 18.3 Å². The molecule has 0 aliphatic carbocycles. The van der Waals surface area contributed by atoms with Gasteiger partial charge in [0.1, 0.15) is 0 Å². The first-order valence-corrected chi connectivity index (χ1v) is 4.95. The molecule has 0 spiro atoms. The van der Waals surface area contributed by atoms with E-state index in [-0.39, 0.29) is 11.9 Å². The lowest BCUT2D eigenvalue weighted by Gasteiger charge is -2.16. The Bertz CT molecular complexity index is 350. The second-order valence-electron chi connectivity index (χ2n) is 3.22. The molecule has 1 aromatic rings. The highest BCUT2D eigenvalue weighted by atomic mass is 16.5. The quantitative estimate of drug-likeness (QED) is 0.300. The minimum atomic E-state index is -0.208. The van der Waals surface area contributed by atoms with Crippen molar-refractivity contribution in [1.82, 2.24) is 4.98 Å². The van der Waals surface area contributed by atoms with Crippen LogP contribution in [0.3, 0.4) is 0 Å². The van der Waals surface area contributed by atoms with Gasteiger partial charge in [0.15, 0.2) is 5.84 Å². The van der Waals surface area contributed by atoms with Crippen molar-refractivity contribution in [1.29, 1.82) is 0 Å². The van der Waals surface area contributed by atoms with Crippen LogP contribution in [0.2, 0.25) is 0 Å². The number of aromatic nitrogens is 1. The van der Waals surface area contributed by atoms with Gasteiger partial charge in [0.05, 0.1) is 25.0 Å². The standard InChI is InChI=1S/C10H16N4O2/c1-3-8(10(11)14-15)13-7-4-5-9(16-2)12-6-7/h4-6,8,13,15H,3H2,1-2H3,(H2,11,14). The van der Waals surface area contributed by atoms with Gasteiger partial charge in [-0.1, -0.05) is 12.1 Å². The fraction of sp³-hybridized carbons (Fsp3) is 0.400. The first-order valence-electron chi connectivity index (χ1n) is 4.95. The fourth-order valence-electron chi connectivity index (χ4n) is 1.24. The lowest BCUT2D eigenvalue weighted by atomic mass is 10.2. The normalized spacial score (nSPS) is 13.2. The molecule has 0 aliphatic rings. The molecule has 16 heavy (non-hydrogen) atoms. The van der Waals surface area contributed by atoms with E-state index in [9.17, 15) is 0 Å². The summed E-state index contributed by atoms with van der Waals surface area (Å²) in [4.78, 5) is 4.04. The first-order chi connectivity index (χ1) is 7.71. The Kier molecular flexibility index (Phi) is 4.38. The average Bonchev–Trinajstić information content (AvgIpc) is 2.35. The zero-order chi connectivity index (χ0) is 12.0. The molecule has 0 saturated carbocycles. The van der Waals surface area contributed by atoms with Gasteiger partial charge >= 0.3 is 0 Å². The summed E-state index contributed by atoms with van der Waals surface area (Å²) in [6.45, 7) is 1.94. The molecule has 0 saturated heterocycles. The Morgan fingerprint density at radius 1 is 1.69 bits per heavy atom. The maximum Gasteiger partial charge on any atom is 0.213 e. The average molecular weight is 224 g/mol. The molecule has 88 valence electrons. The van der Waals surface area contributed by atoms with Crippen LogP contribution in [0.15, 0.2) is 23.5 Å². The summed E-state index contributed by atoms with van der Waals surface area (Å²) in [6, 6.07) is 3.35. The summed E-state index contributed by atoms with van der Waals surface area (Å²) in [5, 5.41) is 14.7. The SMILES string of the molecule is CCC(Nc1ccc(OC)nc1)C(N)=NO. The second kappa shape index (κ2) is 5.79. The highest BCUT2D eigenvalue weighted by Gasteiger charge is 2.11. The minimum absolute atomic E-state index is 0.151. The van der Waals surface area contributed by atoms with Gasteiger partial charge in [-0.05, 0) is 12.5 Å². The molecule has 0 amide bonds. The maximum absolute atomic E-state index is 8.58. The summed E-state index contributed by atoms with van der Waals surface area (Å²) in [5.41, 5.74) is 6.32. The Morgan fingerprint density at radius 2 is 2.44 bits per heavy atom. The number of hydrogen-bond acceptors (Lipinski definition) is 5. The van der Waals surface area contributed by atoms with Gasteiger partial charge in [0.25, 0.3) is 0 Å². The number of nitrogens with two attached hydrogens (primary N) is 1. The Labute approximate surface area is 94.1 Å². The fourth-order valence-corrected chi connectivity index (χ4v) is 1.24. The third kappa shape index (κ3) is 3.01. The van der Waals surface area contributed by atoms with Crippen molar-refractivity contribution in [2.45, 2.75) is 19.4 Å². The van der Waals surface area contributed by atoms with Crippen molar-refractivity contribution in [3.8, 4) is 5.88 Å². The summed E-state index contributed by atoms with van der Waals surface area (Å²) in [7, 11) is 1.56. The van der Waals surface area contributed by atoms with E-state index in [0.29, 0.717) is 12.3 Å². The van der Waals surface area contributed by atoms with E-state index in [1.54, 1.807) is 19.4 Å². The van der Waals surface area contributed by atoms with Gasteiger partial charge in [0.2, 0.25) is 5.88 Å². The smallest absolute Gasteiger partial charge is 0.213 e. The number of hydrogen-bond donors (Lipinski definition) is 3. The number of oxime groups is 1. The van der Waals surface area contributed by atoms with Gasteiger partial charge in [-0.3, -0.25) is 0 Å². The van der Waals surface area contributed by atoms with Crippen molar-refractivity contribution in [2.75, 3.05) is 12.4 Å². The van der Waals surface area contributed by atoms with Crippen molar-refractivity contribution < 1.29 is 9.94 Å². The van der Waals surface area contributed by atoms with Crippen LogP contribution in [-0.2, 0) is 0 Å². The van der Waals surface area contributed by atoms with E-state index >= 15 is 0 Å². The van der Waals surface area contributed by atoms with E-state index in [1.165, 1.54) is 0 Å². The van der Waals surface area contributed by atoms with E-state index in [1.807, 2.05) is 13.0 Å². The molecule has 0 aliphatic heterocycles. The van der Waals surface area contributed by atoms with Crippen molar-refractivity contribution in [3.63, 3.8) is 0 Å². The molecule has 1 rings (SSSR count). The maximum atomic E-state index is 8.58. The molecule has 1 unspecified atom stereocenters. The van der Waals surface area contributed by atoms with Crippen LogP contribution in [0.25, 0.3) is 0 Å². The molecule has 0 aromatic carbocycles. The Morgan fingerprint density at radius 3 is 2.88 bits per heavy atom. The molecule has 4 N–H and O–H groups in total. The van der Waals surface area contributed by atoms with Gasteiger partial charge < -0.3 is 21.0 Å². The van der Waals surface area contributed by atoms with Crippen LogP contribution in [0.1, 0.15) is 13.3 Å². The topological polar surface area (TPSA) is 92.8 Å². The van der Waals surface area contributed by atoms with Crippen LogP contribution in [0, 0.1) is 0 Å². The molecule has 0 radical (unpaired) electrons. The Hall–Kier alpha value is -1.98. The van der Waals surface area contributed by atoms with Gasteiger partial charge in [-0.25, -0.2) is 4.98 Å². The van der Waals surface area contributed by atoms with Crippen LogP contribution in [0.4, 0.5) is 5.69 Å². The van der Waals surface area contributed by atoms with Crippen LogP contribution >= 0.6 is 0 Å². The zero-order valence-corrected chi connectivity index (χ0v) is 9.34. The molecule has 1 heterocycles. The predicted octanol–water partition coefficient (Wildman–Crippen LogP) is 1.03. The Balaban J connectivity index is 2.70. The molecule has 6 heteroatoms. The summed E-state index contributed by atoms with van der Waals surface area (Å²) in [5.74, 6) is 0.695. The summed E-state index contributed by atoms with van der Waals surface area (Å²) >= 11 is 0. The minimum Gasteiger partial charge on any atom is -0.481 e. The number of pyridine rings is 1. The third-order valence-corrected chi connectivity index (χ3v) is 2.17. The summed E-state index contributed by atoms with van der Waals surface area (Å²) < 4.78 is 4.94. The number of methoxy groups -OCH3 is 1. The van der Waals surface area contributed by atoms with Crippen molar-refractivity contribution in [2.24, 2.45) is 10.9 Å². The number of anilines is 1. The van der Waals surface area contributed by atoms with Crippen LogP contribution < -0.4 is 15.8 Å². The number of amidine groups is 1. The van der Waals surface area contributed by atoms with Gasteiger partial charge in [-0.15, -0.1) is 0 Å². The third-order valence-electron chi connectivity index (χ3n) is 2.17. The number of rotatable bonds is 5. The first kappa shape index (κ1) is 12.1. The van der Waals surface area contributed by atoms with Crippen LogP contribution in [-0.4, -0.2) is 29.2 Å². The molecule has 0 fully saturated rings. The van der Waals surface area contributed by atoms with E-state index in [2.05, 4.69) is 15.5 Å². The van der Waals surface area contributed by atoms with E-state index < -0.39 is 0 Å². The largest absolute Gasteiger partial charge is 0.481 e. The summed E-state index contributed by atoms with van der Waals surface area (Å²) in [6.07, 6.45) is 2.34. The number of nitrogens with zero attached hydrogens (tertiary/aromatic N) is 2. The molecule has 6 nitrogen and oxygen atoms in total. The lowest BCUT2D eigenvalue weighted by Crippen LogP contribution is -2.35. The molecular formula is C10H16N4O2. The number of nitrogens with one attached hydrogen (secondary N) is 1. The molecular weight excluding hydrogens is 208 g/mol. The monoisotopic (exact) mass is 224 g/mol. The highest BCUT2D eigenvalue weighted by molar-refractivity contribution is 5.87. The molecule has 0 bridgehead atoms. The van der Waals surface area contributed by atoms with E-state index in [4.69, 9.17) is 15.7 Å². The van der Waals surface area contributed by atoms with E-state index in [0.717, 1.165) is 5.69 Å².